The summed E-state index contributed by atoms with van der Waals surface area (Å²) >= 11 is 0. The molecule has 4 rings (SSSR count). The summed E-state index contributed by atoms with van der Waals surface area (Å²) in [6, 6.07) is -0.130. The van der Waals surface area contributed by atoms with Gasteiger partial charge < -0.3 is 25.2 Å². The van der Waals surface area contributed by atoms with Gasteiger partial charge in [0.1, 0.15) is 22.8 Å². The van der Waals surface area contributed by atoms with Crippen LogP contribution in [0.25, 0.3) is 10.9 Å². The quantitative estimate of drug-likeness (QED) is 0.718. The van der Waals surface area contributed by atoms with E-state index in [1.165, 1.54) is 11.8 Å². The van der Waals surface area contributed by atoms with Gasteiger partial charge in [0, 0.05) is 39.3 Å². The molecule has 0 spiro atoms. The van der Waals surface area contributed by atoms with Crippen molar-refractivity contribution in [3.63, 3.8) is 0 Å². The predicted octanol–water partition coefficient (Wildman–Crippen LogP) is 1.51. The van der Waals surface area contributed by atoms with Crippen molar-refractivity contribution in [1.29, 1.82) is 0 Å². The van der Waals surface area contributed by atoms with E-state index in [2.05, 4.69) is 9.97 Å². The first-order valence-corrected chi connectivity index (χ1v) is 9.35. The number of ether oxygens (including phenoxy) is 1. The number of nitrogen functional groups attached to an aromatic ring is 1. The molecule has 2 amide bonds. The van der Waals surface area contributed by atoms with Gasteiger partial charge in [-0.25, -0.2) is 27.9 Å². The van der Waals surface area contributed by atoms with Gasteiger partial charge in [-0.05, 0) is 6.92 Å². The Hall–Kier alpha value is -2.82. The Balaban J connectivity index is 1.59. The summed E-state index contributed by atoms with van der Waals surface area (Å²) in [6.45, 7) is 4.34. The number of nitrogens with two attached hydrogens (primary N) is 1. The zero-order valence-corrected chi connectivity index (χ0v) is 15.9. The molecule has 0 radical (unpaired) electrons. The summed E-state index contributed by atoms with van der Waals surface area (Å²) in [7, 11) is 0. The first-order valence-electron chi connectivity index (χ1n) is 9.35. The molecule has 0 unspecified atom stereocenters. The highest BCUT2D eigenvalue weighted by atomic mass is 19.2. The Kier molecular flexibility index (Phi) is 5.07. The van der Waals surface area contributed by atoms with Crippen LogP contribution in [0.4, 0.5) is 29.5 Å². The number of piperazine rings is 1. The molecule has 29 heavy (non-hydrogen) atoms. The molecule has 11 heteroatoms. The van der Waals surface area contributed by atoms with Crippen LogP contribution in [0.2, 0.25) is 0 Å². The average Bonchev–Trinajstić information content (AvgIpc) is 2.72. The Bertz CT molecular complexity index is 959. The smallest absolute Gasteiger partial charge is 0.320 e. The zero-order chi connectivity index (χ0) is 20.7. The first-order chi connectivity index (χ1) is 13.9. The molecule has 2 fully saturated rings. The Morgan fingerprint density at radius 1 is 0.931 bits per heavy atom. The number of anilines is 2. The van der Waals surface area contributed by atoms with E-state index >= 15 is 4.39 Å². The fraction of sp³-hybridized carbons (Fsp3) is 0.500. The number of nitrogens with zero attached hydrogens (tertiary/aromatic N) is 5. The van der Waals surface area contributed by atoms with E-state index in [9.17, 15) is 13.6 Å². The third kappa shape index (κ3) is 3.39. The number of amides is 2. The highest BCUT2D eigenvalue weighted by Crippen LogP contribution is 2.35. The molecule has 1 aromatic carbocycles. The number of hydrogen-bond donors (Lipinski definition) is 1. The summed E-state index contributed by atoms with van der Waals surface area (Å²) in [5.41, 5.74) is 4.81. The number of aryl methyl sites for hydroxylation is 1. The lowest BCUT2D eigenvalue weighted by Gasteiger charge is -2.39. The first kappa shape index (κ1) is 19.5. The highest BCUT2D eigenvalue weighted by Gasteiger charge is 2.31. The molecule has 3 heterocycles. The van der Waals surface area contributed by atoms with Gasteiger partial charge in [0.25, 0.3) is 0 Å². The van der Waals surface area contributed by atoms with Crippen molar-refractivity contribution in [2.75, 3.05) is 63.1 Å². The molecule has 2 aliphatic heterocycles. The number of halogens is 3. The molecular formula is C18H21F3N6O2. The molecule has 2 aliphatic rings. The van der Waals surface area contributed by atoms with Crippen LogP contribution in [-0.4, -0.2) is 78.3 Å². The topological polar surface area (TPSA) is 87.8 Å². The average molecular weight is 410 g/mol. The Morgan fingerprint density at radius 3 is 2.21 bits per heavy atom. The highest BCUT2D eigenvalue weighted by molar-refractivity contribution is 5.92. The number of carbonyl (C=O) groups excluding carboxylic acids is 1. The largest absolute Gasteiger partial charge is 0.383 e. The molecule has 156 valence electrons. The molecular weight excluding hydrogens is 389 g/mol. The van der Waals surface area contributed by atoms with Crippen LogP contribution in [-0.2, 0) is 4.74 Å². The molecule has 0 bridgehead atoms. The maximum atomic E-state index is 15.1. The Labute approximate surface area is 165 Å². The maximum absolute atomic E-state index is 15.1. The van der Waals surface area contributed by atoms with Gasteiger partial charge in [0.05, 0.1) is 18.6 Å². The van der Waals surface area contributed by atoms with E-state index in [0.29, 0.717) is 26.3 Å². The van der Waals surface area contributed by atoms with Crippen LogP contribution in [0.5, 0.6) is 0 Å². The molecule has 2 saturated heterocycles. The number of morpholine rings is 1. The van der Waals surface area contributed by atoms with E-state index < -0.39 is 28.5 Å². The van der Waals surface area contributed by atoms with Crippen molar-refractivity contribution in [1.82, 2.24) is 19.8 Å². The number of fused-ring (bicyclic) bond motifs is 1. The van der Waals surface area contributed by atoms with Gasteiger partial charge in [-0.2, -0.15) is 0 Å². The van der Waals surface area contributed by atoms with Crippen molar-refractivity contribution in [3.8, 4) is 0 Å². The minimum absolute atomic E-state index is 0.130. The maximum Gasteiger partial charge on any atom is 0.320 e. The zero-order valence-electron chi connectivity index (χ0n) is 15.9. The van der Waals surface area contributed by atoms with Gasteiger partial charge in [0.2, 0.25) is 0 Å². The fourth-order valence-electron chi connectivity index (χ4n) is 3.75. The Morgan fingerprint density at radius 2 is 1.55 bits per heavy atom. The standard InChI is InChI=1S/C18H21F3N6O2/c1-10-23-15-11(17(22)24-10)12(19)13(20)16(14(15)21)25-2-4-26(5-3-25)18(28)27-6-8-29-9-7-27/h2-9H2,1H3,(H2,22,23,24). The minimum atomic E-state index is -1.33. The van der Waals surface area contributed by atoms with E-state index in [1.54, 1.807) is 9.80 Å². The second-order valence-electron chi connectivity index (χ2n) is 7.03. The minimum Gasteiger partial charge on any atom is -0.383 e. The van der Waals surface area contributed by atoms with Crippen molar-refractivity contribution >= 4 is 28.4 Å². The summed E-state index contributed by atoms with van der Waals surface area (Å²) in [5.74, 6) is -3.74. The van der Waals surface area contributed by atoms with E-state index in [1.807, 2.05) is 0 Å². The SMILES string of the molecule is Cc1nc(N)c2c(F)c(F)c(N3CCN(C(=O)N4CCOCC4)CC3)c(F)c2n1. The van der Waals surface area contributed by atoms with Crippen molar-refractivity contribution in [2.45, 2.75) is 6.92 Å². The molecule has 2 N–H and O–H groups in total. The predicted molar refractivity (Wildman–Crippen MR) is 100 cm³/mol. The monoisotopic (exact) mass is 410 g/mol. The molecule has 2 aromatic rings. The van der Waals surface area contributed by atoms with Crippen molar-refractivity contribution in [2.24, 2.45) is 0 Å². The molecule has 0 saturated carbocycles. The van der Waals surface area contributed by atoms with Crippen LogP contribution in [0.15, 0.2) is 0 Å². The fourth-order valence-corrected chi connectivity index (χ4v) is 3.75. The van der Waals surface area contributed by atoms with Gasteiger partial charge >= 0.3 is 6.03 Å². The van der Waals surface area contributed by atoms with Crippen molar-refractivity contribution < 1.29 is 22.7 Å². The molecule has 1 aromatic heterocycles. The van der Waals surface area contributed by atoms with Crippen LogP contribution < -0.4 is 10.6 Å². The normalized spacial score (nSPS) is 17.9. The third-order valence-electron chi connectivity index (χ3n) is 5.23. The molecule has 0 atom stereocenters. The summed E-state index contributed by atoms with van der Waals surface area (Å²) in [4.78, 5) is 25.0. The van der Waals surface area contributed by atoms with Crippen LogP contribution in [0, 0.1) is 24.4 Å². The molecule has 0 aliphatic carbocycles. The number of benzene rings is 1. The summed E-state index contributed by atoms with van der Waals surface area (Å²) < 4.78 is 49.7. The molecule has 8 nitrogen and oxygen atoms in total. The lowest BCUT2D eigenvalue weighted by atomic mass is 10.1. The summed E-state index contributed by atoms with van der Waals surface area (Å²) in [6.07, 6.45) is 0. The van der Waals surface area contributed by atoms with E-state index in [0.717, 1.165) is 0 Å². The number of carbonyl (C=O) groups is 1. The second-order valence-corrected chi connectivity index (χ2v) is 7.03. The van der Waals surface area contributed by atoms with Crippen molar-refractivity contribution in [3.05, 3.63) is 23.3 Å². The van der Waals surface area contributed by atoms with Crippen LogP contribution in [0.1, 0.15) is 5.82 Å². The number of aromatic nitrogens is 2. The lowest BCUT2D eigenvalue weighted by Crippen LogP contribution is -2.55. The summed E-state index contributed by atoms with van der Waals surface area (Å²) in [5, 5.41) is -0.463. The van der Waals surface area contributed by atoms with E-state index in [-0.39, 0.29) is 49.4 Å². The number of rotatable bonds is 1. The van der Waals surface area contributed by atoms with Gasteiger partial charge in [0.15, 0.2) is 17.5 Å². The number of hydrogen-bond acceptors (Lipinski definition) is 6. The van der Waals surface area contributed by atoms with Gasteiger partial charge in [-0.1, -0.05) is 0 Å². The van der Waals surface area contributed by atoms with Gasteiger partial charge in [-0.3, -0.25) is 0 Å². The number of urea groups is 1. The van der Waals surface area contributed by atoms with E-state index in [4.69, 9.17) is 10.5 Å². The second kappa shape index (κ2) is 7.54. The van der Waals surface area contributed by atoms with Crippen LogP contribution >= 0.6 is 0 Å². The van der Waals surface area contributed by atoms with Crippen LogP contribution in [0.3, 0.4) is 0 Å². The lowest BCUT2D eigenvalue weighted by molar-refractivity contribution is 0.0428. The van der Waals surface area contributed by atoms with Gasteiger partial charge in [-0.15, -0.1) is 0 Å². The third-order valence-corrected chi connectivity index (χ3v) is 5.23.